The second-order valence-corrected chi connectivity index (χ2v) is 9.09. The van der Waals surface area contributed by atoms with Crippen LogP contribution in [0.2, 0.25) is 20.1 Å². The Morgan fingerprint density at radius 2 is 1.68 bits per heavy atom. The summed E-state index contributed by atoms with van der Waals surface area (Å²) in [5, 5.41) is 3.78. The van der Waals surface area contributed by atoms with Crippen molar-refractivity contribution in [2.45, 2.75) is 9.92 Å². The Kier molecular flexibility index (Phi) is 5.88. The molecule has 1 aromatic carbocycles. The highest BCUT2D eigenvalue weighted by Gasteiger charge is 2.28. The lowest BCUT2D eigenvalue weighted by molar-refractivity contribution is 0.246. The maximum atomic E-state index is 12.8. The molecule has 0 aliphatic heterocycles. The SMILES string of the molecule is CN(C(=O)n1cc(Cl)c(S(=O)(=O)c2cc(Cl)cc(Cl)c2)n1)c1ccc(Cl)cn1. The van der Waals surface area contributed by atoms with E-state index in [4.69, 9.17) is 46.4 Å². The highest BCUT2D eigenvalue weighted by molar-refractivity contribution is 7.91. The Hall–Kier alpha value is -1.84. The van der Waals surface area contributed by atoms with Crippen LogP contribution in [0.3, 0.4) is 0 Å². The van der Waals surface area contributed by atoms with E-state index in [-0.39, 0.29) is 25.8 Å². The van der Waals surface area contributed by atoms with E-state index in [9.17, 15) is 13.2 Å². The summed E-state index contributed by atoms with van der Waals surface area (Å²) in [6, 6.07) is 6.22. The molecule has 3 aromatic rings. The van der Waals surface area contributed by atoms with Gasteiger partial charge in [-0.3, -0.25) is 4.90 Å². The van der Waals surface area contributed by atoms with E-state index in [0.717, 1.165) is 15.8 Å². The first-order valence-electron chi connectivity index (χ1n) is 7.45. The molecule has 0 aliphatic carbocycles. The van der Waals surface area contributed by atoms with E-state index in [1.54, 1.807) is 6.07 Å². The van der Waals surface area contributed by atoms with Crippen molar-refractivity contribution in [2.75, 3.05) is 11.9 Å². The van der Waals surface area contributed by atoms with Gasteiger partial charge in [0.05, 0.1) is 21.1 Å². The zero-order chi connectivity index (χ0) is 20.6. The smallest absolute Gasteiger partial charge is 0.280 e. The van der Waals surface area contributed by atoms with E-state index in [0.29, 0.717) is 5.02 Å². The Labute approximate surface area is 180 Å². The van der Waals surface area contributed by atoms with Gasteiger partial charge >= 0.3 is 6.03 Å². The Bertz CT molecular complexity index is 1140. The van der Waals surface area contributed by atoms with Crippen molar-refractivity contribution < 1.29 is 13.2 Å². The lowest BCUT2D eigenvalue weighted by Gasteiger charge is -2.15. The minimum atomic E-state index is -4.16. The van der Waals surface area contributed by atoms with E-state index < -0.39 is 20.9 Å². The first kappa shape index (κ1) is 20.9. The molecule has 0 bridgehead atoms. The molecule has 0 unspecified atom stereocenters. The molecule has 28 heavy (non-hydrogen) atoms. The van der Waals surface area contributed by atoms with Crippen molar-refractivity contribution in [1.29, 1.82) is 0 Å². The second-order valence-electron chi connectivity index (χ2n) is 5.51. The fourth-order valence-electron chi connectivity index (χ4n) is 2.23. The molecule has 0 saturated carbocycles. The molecule has 0 saturated heterocycles. The van der Waals surface area contributed by atoms with Crippen molar-refractivity contribution in [3.05, 3.63) is 62.8 Å². The van der Waals surface area contributed by atoms with Gasteiger partial charge in [-0.15, -0.1) is 0 Å². The van der Waals surface area contributed by atoms with Gasteiger partial charge in [-0.05, 0) is 30.3 Å². The fourth-order valence-corrected chi connectivity index (χ4v) is 4.73. The molecule has 2 aromatic heterocycles. The molecule has 2 heterocycles. The first-order valence-corrected chi connectivity index (χ1v) is 10.4. The predicted octanol–water partition coefficient (Wildman–Crippen LogP) is 4.83. The molecule has 7 nitrogen and oxygen atoms in total. The number of sulfone groups is 1. The van der Waals surface area contributed by atoms with Gasteiger partial charge in [0.25, 0.3) is 0 Å². The average molecular weight is 480 g/mol. The van der Waals surface area contributed by atoms with Crippen LogP contribution in [-0.4, -0.2) is 36.3 Å². The van der Waals surface area contributed by atoms with Gasteiger partial charge in [-0.2, -0.15) is 9.78 Å². The number of anilines is 1. The third kappa shape index (κ3) is 4.11. The molecule has 146 valence electrons. The summed E-state index contributed by atoms with van der Waals surface area (Å²) < 4.78 is 26.5. The van der Waals surface area contributed by atoms with Crippen LogP contribution >= 0.6 is 46.4 Å². The number of benzene rings is 1. The van der Waals surface area contributed by atoms with Crippen LogP contribution in [0.5, 0.6) is 0 Å². The lowest BCUT2D eigenvalue weighted by Crippen LogP contribution is -2.32. The van der Waals surface area contributed by atoms with Crippen LogP contribution in [0, 0.1) is 0 Å². The maximum absolute atomic E-state index is 12.8. The van der Waals surface area contributed by atoms with Crippen molar-refractivity contribution >= 4 is 68.1 Å². The summed E-state index contributed by atoms with van der Waals surface area (Å²) in [6.07, 6.45) is 2.46. The molecule has 0 spiro atoms. The van der Waals surface area contributed by atoms with Crippen molar-refractivity contribution in [3.63, 3.8) is 0 Å². The van der Waals surface area contributed by atoms with Crippen LogP contribution in [-0.2, 0) is 9.84 Å². The third-order valence-electron chi connectivity index (χ3n) is 3.58. The van der Waals surface area contributed by atoms with Crippen molar-refractivity contribution in [3.8, 4) is 0 Å². The number of hydrogen-bond donors (Lipinski definition) is 0. The van der Waals surface area contributed by atoms with E-state index >= 15 is 0 Å². The number of pyridine rings is 1. The summed E-state index contributed by atoms with van der Waals surface area (Å²) in [7, 11) is -2.72. The number of carbonyl (C=O) groups is 1. The van der Waals surface area contributed by atoms with E-state index in [1.807, 2.05) is 0 Å². The van der Waals surface area contributed by atoms with Crippen LogP contribution in [0.1, 0.15) is 0 Å². The number of carbonyl (C=O) groups excluding carboxylic acids is 1. The quantitative estimate of drug-likeness (QED) is 0.537. The van der Waals surface area contributed by atoms with Gasteiger partial charge < -0.3 is 0 Å². The van der Waals surface area contributed by atoms with Gasteiger partial charge in [0, 0.05) is 23.3 Å². The molecule has 0 N–H and O–H groups in total. The molecule has 12 heteroatoms. The van der Waals surface area contributed by atoms with Crippen LogP contribution < -0.4 is 4.90 Å². The summed E-state index contributed by atoms with van der Waals surface area (Å²) in [4.78, 5) is 17.6. The average Bonchev–Trinajstić information content (AvgIpc) is 3.03. The second kappa shape index (κ2) is 7.88. The van der Waals surface area contributed by atoms with Gasteiger partial charge in [0.2, 0.25) is 14.9 Å². The summed E-state index contributed by atoms with van der Waals surface area (Å²) >= 11 is 23.6. The zero-order valence-corrected chi connectivity index (χ0v) is 17.8. The van der Waals surface area contributed by atoms with E-state index in [1.165, 1.54) is 37.5 Å². The van der Waals surface area contributed by atoms with Gasteiger partial charge in [0.15, 0.2) is 0 Å². The molecular weight excluding hydrogens is 470 g/mol. The minimum absolute atomic E-state index is 0.131. The number of hydrogen-bond acceptors (Lipinski definition) is 5. The van der Waals surface area contributed by atoms with Crippen LogP contribution in [0.25, 0.3) is 0 Å². The highest BCUT2D eigenvalue weighted by Crippen LogP contribution is 2.30. The number of nitrogens with zero attached hydrogens (tertiary/aromatic N) is 4. The lowest BCUT2D eigenvalue weighted by atomic mass is 10.4. The van der Waals surface area contributed by atoms with Crippen molar-refractivity contribution in [2.24, 2.45) is 0 Å². The molecule has 0 fully saturated rings. The zero-order valence-electron chi connectivity index (χ0n) is 14.0. The normalized spacial score (nSPS) is 11.5. The molecule has 0 aliphatic rings. The summed E-state index contributed by atoms with van der Waals surface area (Å²) in [5.74, 6) is 0.284. The number of aromatic nitrogens is 3. The van der Waals surface area contributed by atoms with Crippen LogP contribution in [0.4, 0.5) is 10.6 Å². The summed E-state index contributed by atoms with van der Waals surface area (Å²) in [6.45, 7) is 0. The molecule has 0 radical (unpaired) electrons. The summed E-state index contributed by atoms with van der Waals surface area (Å²) in [5.41, 5.74) is 0. The Morgan fingerprint density at radius 3 is 2.25 bits per heavy atom. The molecule has 1 amide bonds. The molecular formula is C16H10Cl4N4O3S. The Balaban J connectivity index is 1.98. The van der Waals surface area contributed by atoms with E-state index in [2.05, 4.69) is 10.1 Å². The molecule has 0 atom stereocenters. The number of rotatable bonds is 3. The maximum Gasteiger partial charge on any atom is 0.350 e. The Morgan fingerprint density at radius 1 is 1.04 bits per heavy atom. The predicted molar refractivity (Wildman–Crippen MR) is 108 cm³/mol. The van der Waals surface area contributed by atoms with Crippen molar-refractivity contribution in [1.82, 2.24) is 14.8 Å². The third-order valence-corrected chi connectivity index (χ3v) is 6.29. The van der Waals surface area contributed by atoms with Gasteiger partial charge in [0.1, 0.15) is 5.82 Å². The van der Waals surface area contributed by atoms with Gasteiger partial charge in [-0.1, -0.05) is 46.4 Å². The van der Waals surface area contributed by atoms with Crippen LogP contribution in [0.15, 0.2) is 52.6 Å². The topological polar surface area (TPSA) is 85.2 Å². The molecule has 3 rings (SSSR count). The minimum Gasteiger partial charge on any atom is -0.280 e. The number of halogens is 4. The standard InChI is InChI=1S/C16H10Cl4N4O3S/c1-23(14-3-2-9(17)7-21-14)16(25)24-8-13(20)15(22-24)28(26,27)12-5-10(18)4-11(19)6-12/h2-8H,1H3. The number of amides is 1. The van der Waals surface area contributed by atoms with Gasteiger partial charge in [-0.25, -0.2) is 18.2 Å². The monoisotopic (exact) mass is 478 g/mol. The highest BCUT2D eigenvalue weighted by atomic mass is 35.5. The fraction of sp³-hybridized carbons (Fsp3) is 0.0625. The first-order chi connectivity index (χ1) is 13.1. The largest absolute Gasteiger partial charge is 0.350 e.